The maximum atomic E-state index is 5.48. The minimum atomic E-state index is 0.238. The third kappa shape index (κ3) is 4.32. The van der Waals surface area contributed by atoms with Crippen LogP contribution in [0.2, 0.25) is 0 Å². The van der Waals surface area contributed by atoms with E-state index < -0.39 is 0 Å². The highest BCUT2D eigenvalue weighted by Crippen LogP contribution is 2.24. The normalized spacial score (nSPS) is 21.1. The summed E-state index contributed by atoms with van der Waals surface area (Å²) in [6.07, 6.45) is 3.55. The summed E-state index contributed by atoms with van der Waals surface area (Å²) in [7, 11) is 2.07. The van der Waals surface area contributed by atoms with Crippen molar-refractivity contribution in [2.45, 2.75) is 51.5 Å². The summed E-state index contributed by atoms with van der Waals surface area (Å²) in [5, 5.41) is 3.47. The molecule has 1 aliphatic heterocycles. The van der Waals surface area contributed by atoms with E-state index in [0.717, 1.165) is 25.6 Å². The maximum absolute atomic E-state index is 5.48. The lowest BCUT2D eigenvalue weighted by molar-refractivity contribution is 0.181. The van der Waals surface area contributed by atoms with Crippen molar-refractivity contribution >= 4 is 0 Å². The van der Waals surface area contributed by atoms with Crippen molar-refractivity contribution in [1.29, 1.82) is 0 Å². The Morgan fingerprint density at radius 1 is 1.25 bits per heavy atom. The average Bonchev–Trinajstić information content (AvgIpc) is 2.90. The highest BCUT2D eigenvalue weighted by Gasteiger charge is 2.20. The SMILES string of the molecule is CNC(Cc1ccc(C(C)(C)C)cc1)CC1CCOC1. The summed E-state index contributed by atoms with van der Waals surface area (Å²) in [5.74, 6) is 0.737. The molecule has 1 aliphatic rings. The Morgan fingerprint density at radius 2 is 1.95 bits per heavy atom. The second-order valence-electron chi connectivity index (χ2n) is 7.10. The van der Waals surface area contributed by atoms with E-state index in [0.29, 0.717) is 6.04 Å². The zero-order valence-corrected chi connectivity index (χ0v) is 13.4. The Labute approximate surface area is 123 Å². The van der Waals surface area contributed by atoms with Crippen LogP contribution in [0, 0.1) is 5.92 Å². The van der Waals surface area contributed by atoms with Crippen LogP contribution >= 0.6 is 0 Å². The van der Waals surface area contributed by atoms with Crippen molar-refractivity contribution in [2.24, 2.45) is 5.92 Å². The lowest BCUT2D eigenvalue weighted by Crippen LogP contribution is -2.30. The molecule has 0 saturated carbocycles. The van der Waals surface area contributed by atoms with Crippen LogP contribution in [-0.4, -0.2) is 26.3 Å². The van der Waals surface area contributed by atoms with E-state index in [9.17, 15) is 0 Å². The third-order valence-electron chi connectivity index (χ3n) is 4.35. The summed E-state index contributed by atoms with van der Waals surface area (Å²) in [6, 6.07) is 9.69. The van der Waals surface area contributed by atoms with E-state index in [1.54, 1.807) is 0 Å². The van der Waals surface area contributed by atoms with Gasteiger partial charge in [0.25, 0.3) is 0 Å². The van der Waals surface area contributed by atoms with Gasteiger partial charge in [-0.2, -0.15) is 0 Å². The molecule has 0 bridgehead atoms. The fraction of sp³-hybridized carbons (Fsp3) is 0.667. The molecule has 0 radical (unpaired) electrons. The molecule has 20 heavy (non-hydrogen) atoms. The number of likely N-dealkylation sites (N-methyl/N-ethyl adjacent to an activating group) is 1. The maximum Gasteiger partial charge on any atom is 0.0495 e. The largest absolute Gasteiger partial charge is 0.381 e. The predicted molar refractivity (Wildman–Crippen MR) is 85.2 cm³/mol. The van der Waals surface area contributed by atoms with Gasteiger partial charge in [0, 0.05) is 19.3 Å². The van der Waals surface area contributed by atoms with Crippen LogP contribution in [-0.2, 0) is 16.6 Å². The number of hydrogen-bond acceptors (Lipinski definition) is 2. The number of benzene rings is 1. The average molecular weight is 275 g/mol. The Bertz CT molecular complexity index is 398. The highest BCUT2D eigenvalue weighted by atomic mass is 16.5. The van der Waals surface area contributed by atoms with Crippen molar-refractivity contribution in [2.75, 3.05) is 20.3 Å². The lowest BCUT2D eigenvalue weighted by Gasteiger charge is -2.21. The van der Waals surface area contributed by atoms with E-state index in [4.69, 9.17) is 4.74 Å². The zero-order valence-electron chi connectivity index (χ0n) is 13.4. The minimum Gasteiger partial charge on any atom is -0.381 e. The molecular weight excluding hydrogens is 246 g/mol. The van der Waals surface area contributed by atoms with Gasteiger partial charge in [0.15, 0.2) is 0 Å². The molecule has 1 aromatic rings. The van der Waals surface area contributed by atoms with Gasteiger partial charge in [-0.3, -0.25) is 0 Å². The van der Waals surface area contributed by atoms with Crippen molar-refractivity contribution < 1.29 is 4.74 Å². The van der Waals surface area contributed by atoms with Crippen LogP contribution < -0.4 is 5.32 Å². The van der Waals surface area contributed by atoms with E-state index in [-0.39, 0.29) is 5.41 Å². The van der Waals surface area contributed by atoms with Gasteiger partial charge in [0.2, 0.25) is 0 Å². The Hall–Kier alpha value is -0.860. The van der Waals surface area contributed by atoms with Gasteiger partial charge in [-0.05, 0) is 48.8 Å². The quantitative estimate of drug-likeness (QED) is 0.887. The monoisotopic (exact) mass is 275 g/mol. The molecule has 2 rings (SSSR count). The molecule has 1 saturated heterocycles. The summed E-state index contributed by atoms with van der Waals surface area (Å²) in [5.41, 5.74) is 3.07. The highest BCUT2D eigenvalue weighted by molar-refractivity contribution is 5.28. The Kier molecular flexibility index (Phi) is 5.22. The van der Waals surface area contributed by atoms with Crippen LogP contribution in [0.15, 0.2) is 24.3 Å². The standard InChI is InChI=1S/C18H29NO/c1-18(2,3)16-7-5-14(6-8-16)11-17(19-4)12-15-9-10-20-13-15/h5-8,15,17,19H,9-13H2,1-4H3. The minimum absolute atomic E-state index is 0.238. The fourth-order valence-corrected chi connectivity index (χ4v) is 2.90. The molecule has 0 aromatic heterocycles. The molecule has 0 aliphatic carbocycles. The number of rotatable bonds is 5. The summed E-state index contributed by atoms with van der Waals surface area (Å²) in [6.45, 7) is 8.68. The van der Waals surface area contributed by atoms with Gasteiger partial charge in [0.05, 0.1) is 0 Å². The van der Waals surface area contributed by atoms with Crippen molar-refractivity contribution in [3.05, 3.63) is 35.4 Å². The molecule has 0 amide bonds. The van der Waals surface area contributed by atoms with Gasteiger partial charge < -0.3 is 10.1 Å². The summed E-state index contributed by atoms with van der Waals surface area (Å²) < 4.78 is 5.48. The Balaban J connectivity index is 1.93. The molecule has 0 spiro atoms. The predicted octanol–water partition coefficient (Wildman–Crippen LogP) is 3.54. The molecule has 1 N–H and O–H groups in total. The van der Waals surface area contributed by atoms with E-state index >= 15 is 0 Å². The van der Waals surface area contributed by atoms with Gasteiger partial charge in [-0.15, -0.1) is 0 Å². The summed E-state index contributed by atoms with van der Waals surface area (Å²) >= 11 is 0. The van der Waals surface area contributed by atoms with E-state index in [1.807, 2.05) is 0 Å². The first kappa shape index (κ1) is 15.5. The van der Waals surface area contributed by atoms with Gasteiger partial charge in [-0.1, -0.05) is 45.0 Å². The van der Waals surface area contributed by atoms with Crippen LogP contribution in [0.5, 0.6) is 0 Å². The van der Waals surface area contributed by atoms with Crippen molar-refractivity contribution in [3.63, 3.8) is 0 Å². The molecule has 2 heteroatoms. The molecule has 2 nitrogen and oxygen atoms in total. The molecular formula is C18H29NO. The first-order valence-corrected chi connectivity index (χ1v) is 7.83. The fourth-order valence-electron chi connectivity index (χ4n) is 2.90. The summed E-state index contributed by atoms with van der Waals surface area (Å²) in [4.78, 5) is 0. The molecule has 112 valence electrons. The molecule has 1 heterocycles. The molecule has 2 atom stereocenters. The first-order chi connectivity index (χ1) is 9.49. The van der Waals surface area contributed by atoms with Crippen LogP contribution in [0.25, 0.3) is 0 Å². The smallest absolute Gasteiger partial charge is 0.0495 e. The number of hydrogen-bond donors (Lipinski definition) is 1. The third-order valence-corrected chi connectivity index (χ3v) is 4.35. The number of ether oxygens (including phenoxy) is 1. The van der Waals surface area contributed by atoms with E-state index in [2.05, 4.69) is 57.4 Å². The molecule has 1 fully saturated rings. The topological polar surface area (TPSA) is 21.3 Å². The first-order valence-electron chi connectivity index (χ1n) is 7.83. The van der Waals surface area contributed by atoms with Crippen LogP contribution in [0.3, 0.4) is 0 Å². The van der Waals surface area contributed by atoms with Crippen molar-refractivity contribution in [1.82, 2.24) is 5.32 Å². The zero-order chi connectivity index (χ0) is 14.6. The van der Waals surface area contributed by atoms with Gasteiger partial charge >= 0.3 is 0 Å². The van der Waals surface area contributed by atoms with Gasteiger partial charge in [-0.25, -0.2) is 0 Å². The second kappa shape index (κ2) is 6.73. The molecule has 1 aromatic carbocycles. The van der Waals surface area contributed by atoms with Crippen LogP contribution in [0.4, 0.5) is 0 Å². The van der Waals surface area contributed by atoms with Gasteiger partial charge in [0.1, 0.15) is 0 Å². The van der Waals surface area contributed by atoms with Crippen molar-refractivity contribution in [3.8, 4) is 0 Å². The van der Waals surface area contributed by atoms with E-state index in [1.165, 1.54) is 24.0 Å². The van der Waals surface area contributed by atoms with Crippen LogP contribution in [0.1, 0.15) is 44.7 Å². The Morgan fingerprint density at radius 3 is 2.45 bits per heavy atom. The number of nitrogens with one attached hydrogen (secondary N) is 1. The second-order valence-corrected chi connectivity index (χ2v) is 7.10. The lowest BCUT2D eigenvalue weighted by atomic mass is 9.86. The molecule has 2 unspecified atom stereocenters.